The Labute approximate surface area is 165 Å². The van der Waals surface area contributed by atoms with E-state index in [1.807, 2.05) is 6.07 Å². The molecule has 4 N–H and O–H groups in total. The molecule has 2 atom stereocenters. The summed E-state index contributed by atoms with van der Waals surface area (Å²) in [4.78, 5) is 10.8. The van der Waals surface area contributed by atoms with Crippen LogP contribution in [0.2, 0.25) is 0 Å². The van der Waals surface area contributed by atoms with Gasteiger partial charge in [-0.15, -0.1) is 0 Å². The van der Waals surface area contributed by atoms with E-state index in [4.69, 9.17) is 15.2 Å². The van der Waals surface area contributed by atoms with Crippen LogP contribution in [0, 0.1) is 0 Å². The first-order valence-corrected chi connectivity index (χ1v) is 10.4. The topological polar surface area (TPSA) is 102 Å². The van der Waals surface area contributed by atoms with Crippen molar-refractivity contribution in [3.05, 3.63) is 23.9 Å². The standard InChI is InChI=1S/C21H30N4O3/c22-18-2-1-7-23-20(18)13-28-16-5-3-14(4-6-16)17-11-19-15(12-24-25-19)10-21(17)27-9-8-26/h8,10-12,14,16,18,20,23H,1-7,9,13,22H2,(H,24,25)/t14?,16?,18-,20-/m0/s1. The summed E-state index contributed by atoms with van der Waals surface area (Å²) >= 11 is 0. The third-order valence-corrected chi connectivity index (χ3v) is 6.14. The van der Waals surface area contributed by atoms with E-state index < -0.39 is 0 Å². The van der Waals surface area contributed by atoms with E-state index in [9.17, 15) is 4.79 Å². The van der Waals surface area contributed by atoms with Crippen molar-refractivity contribution in [3.63, 3.8) is 0 Å². The molecule has 0 spiro atoms. The van der Waals surface area contributed by atoms with Crippen LogP contribution in [-0.2, 0) is 9.53 Å². The minimum atomic E-state index is 0.0729. The molecule has 2 aliphatic rings. The molecule has 1 saturated carbocycles. The second-order valence-corrected chi connectivity index (χ2v) is 8.00. The largest absolute Gasteiger partial charge is 0.486 e. The van der Waals surface area contributed by atoms with Crippen LogP contribution in [0.4, 0.5) is 0 Å². The molecule has 2 aromatic rings. The Balaban J connectivity index is 1.37. The Kier molecular flexibility index (Phi) is 6.24. The van der Waals surface area contributed by atoms with Crippen LogP contribution in [-0.4, -0.2) is 54.4 Å². The van der Waals surface area contributed by atoms with Crippen LogP contribution in [0.1, 0.15) is 50.0 Å². The van der Waals surface area contributed by atoms with E-state index in [1.165, 1.54) is 0 Å². The van der Waals surface area contributed by atoms with Crippen LogP contribution in [0.25, 0.3) is 10.9 Å². The molecule has 0 bridgehead atoms. The fourth-order valence-corrected chi connectivity index (χ4v) is 4.50. The normalized spacial score (nSPS) is 28.3. The number of rotatable bonds is 7. The minimum absolute atomic E-state index is 0.0729. The maximum atomic E-state index is 10.8. The first-order valence-electron chi connectivity index (χ1n) is 10.4. The van der Waals surface area contributed by atoms with Crippen molar-refractivity contribution in [2.24, 2.45) is 5.73 Å². The number of carbonyl (C=O) groups is 1. The SMILES string of the molecule is N[C@H]1CCCN[C@H]1COC1CCC(c2cc3[nH]ncc3cc2OCC=O)CC1. The van der Waals surface area contributed by atoms with Crippen molar-refractivity contribution < 1.29 is 14.3 Å². The molecule has 7 nitrogen and oxygen atoms in total. The zero-order chi connectivity index (χ0) is 19.3. The fourth-order valence-electron chi connectivity index (χ4n) is 4.50. The Hall–Kier alpha value is -1.96. The second kappa shape index (κ2) is 9.03. The summed E-state index contributed by atoms with van der Waals surface area (Å²) in [6.45, 7) is 1.81. The number of carbonyl (C=O) groups excluding carboxylic acids is 1. The molecule has 4 rings (SSSR count). The van der Waals surface area contributed by atoms with E-state index in [1.54, 1.807) is 6.20 Å². The Morgan fingerprint density at radius 1 is 1.21 bits per heavy atom. The number of hydrogen-bond acceptors (Lipinski definition) is 6. The van der Waals surface area contributed by atoms with Crippen molar-refractivity contribution in [2.75, 3.05) is 19.8 Å². The van der Waals surface area contributed by atoms with Crippen molar-refractivity contribution in [2.45, 2.75) is 62.6 Å². The Morgan fingerprint density at radius 2 is 2.07 bits per heavy atom. The van der Waals surface area contributed by atoms with Gasteiger partial charge in [0.1, 0.15) is 12.4 Å². The third kappa shape index (κ3) is 4.37. The van der Waals surface area contributed by atoms with Crippen LogP contribution < -0.4 is 15.8 Å². The maximum absolute atomic E-state index is 10.8. The van der Waals surface area contributed by atoms with Crippen LogP contribution >= 0.6 is 0 Å². The van der Waals surface area contributed by atoms with E-state index in [-0.39, 0.29) is 18.7 Å². The molecule has 2 heterocycles. The highest BCUT2D eigenvalue weighted by atomic mass is 16.5. The van der Waals surface area contributed by atoms with Crippen LogP contribution in [0.3, 0.4) is 0 Å². The molecule has 1 aromatic carbocycles. The summed E-state index contributed by atoms with van der Waals surface area (Å²) in [5.74, 6) is 1.20. The minimum Gasteiger partial charge on any atom is -0.486 e. The Morgan fingerprint density at radius 3 is 2.86 bits per heavy atom. The molecule has 7 heteroatoms. The predicted octanol–water partition coefficient (Wildman–Crippen LogP) is 2.26. The van der Waals surface area contributed by atoms with Gasteiger partial charge in [0.15, 0.2) is 6.29 Å². The summed E-state index contributed by atoms with van der Waals surface area (Å²) in [5.41, 5.74) is 8.36. The molecule has 0 unspecified atom stereocenters. The lowest BCUT2D eigenvalue weighted by Crippen LogP contribution is -2.52. The summed E-state index contributed by atoms with van der Waals surface area (Å²) in [5, 5.41) is 11.6. The number of benzene rings is 1. The molecular formula is C21H30N4O3. The highest BCUT2D eigenvalue weighted by molar-refractivity contribution is 5.81. The second-order valence-electron chi connectivity index (χ2n) is 8.00. The summed E-state index contributed by atoms with van der Waals surface area (Å²) in [6, 6.07) is 4.58. The van der Waals surface area contributed by atoms with Crippen LogP contribution in [0.15, 0.2) is 18.3 Å². The molecule has 1 aliphatic carbocycles. The van der Waals surface area contributed by atoms with Crippen molar-refractivity contribution in [3.8, 4) is 5.75 Å². The lowest BCUT2D eigenvalue weighted by atomic mass is 9.82. The lowest BCUT2D eigenvalue weighted by molar-refractivity contribution is -0.109. The monoisotopic (exact) mass is 386 g/mol. The zero-order valence-corrected chi connectivity index (χ0v) is 16.2. The number of aromatic nitrogens is 2. The summed E-state index contributed by atoms with van der Waals surface area (Å²) in [6.07, 6.45) is 9.24. The highest BCUT2D eigenvalue weighted by Gasteiger charge is 2.28. The van der Waals surface area contributed by atoms with Gasteiger partial charge in [0, 0.05) is 17.5 Å². The molecule has 28 heavy (non-hydrogen) atoms. The van der Waals surface area contributed by atoms with Gasteiger partial charge in [-0.05, 0) is 68.7 Å². The lowest BCUT2D eigenvalue weighted by Gasteiger charge is -2.33. The smallest absolute Gasteiger partial charge is 0.157 e. The van der Waals surface area contributed by atoms with E-state index >= 15 is 0 Å². The van der Waals surface area contributed by atoms with Gasteiger partial charge in [0.25, 0.3) is 0 Å². The maximum Gasteiger partial charge on any atom is 0.157 e. The third-order valence-electron chi connectivity index (χ3n) is 6.14. The molecule has 1 aliphatic heterocycles. The average Bonchev–Trinajstić information content (AvgIpc) is 3.19. The number of nitrogens with zero attached hydrogens (tertiary/aromatic N) is 1. The summed E-state index contributed by atoms with van der Waals surface area (Å²) < 4.78 is 11.9. The first-order chi connectivity index (χ1) is 13.7. The van der Waals surface area contributed by atoms with Crippen molar-refractivity contribution in [1.29, 1.82) is 0 Å². The Bertz CT molecular complexity index is 785. The molecule has 2 fully saturated rings. The van der Waals surface area contributed by atoms with E-state index in [0.29, 0.717) is 18.6 Å². The van der Waals surface area contributed by atoms with Gasteiger partial charge in [-0.25, -0.2) is 0 Å². The van der Waals surface area contributed by atoms with Gasteiger partial charge < -0.3 is 20.5 Å². The number of hydrogen-bond donors (Lipinski definition) is 3. The number of nitrogens with two attached hydrogens (primary N) is 1. The fraction of sp³-hybridized carbons (Fsp3) is 0.619. The molecular weight excluding hydrogens is 356 g/mol. The molecule has 0 amide bonds. The number of H-pyrrole nitrogens is 1. The quantitative estimate of drug-likeness (QED) is 0.631. The predicted molar refractivity (Wildman–Crippen MR) is 108 cm³/mol. The van der Waals surface area contributed by atoms with E-state index in [2.05, 4.69) is 21.6 Å². The zero-order valence-electron chi connectivity index (χ0n) is 16.2. The molecule has 1 aromatic heterocycles. The van der Waals surface area contributed by atoms with Gasteiger partial charge in [-0.2, -0.15) is 5.10 Å². The van der Waals surface area contributed by atoms with Crippen LogP contribution in [0.5, 0.6) is 5.75 Å². The van der Waals surface area contributed by atoms with Gasteiger partial charge in [0.05, 0.1) is 24.4 Å². The highest BCUT2D eigenvalue weighted by Crippen LogP contribution is 2.40. The average molecular weight is 386 g/mol. The van der Waals surface area contributed by atoms with Crippen molar-refractivity contribution >= 4 is 17.2 Å². The van der Waals surface area contributed by atoms with Gasteiger partial charge in [-0.3, -0.25) is 9.89 Å². The molecule has 1 saturated heterocycles. The number of piperidine rings is 1. The number of ether oxygens (including phenoxy) is 2. The van der Waals surface area contributed by atoms with Gasteiger partial charge in [-0.1, -0.05) is 0 Å². The first kappa shape index (κ1) is 19.4. The molecule has 0 radical (unpaired) electrons. The number of nitrogens with one attached hydrogen (secondary N) is 2. The summed E-state index contributed by atoms with van der Waals surface area (Å²) in [7, 11) is 0. The van der Waals surface area contributed by atoms with E-state index in [0.717, 1.165) is 73.6 Å². The molecule has 152 valence electrons. The number of fused-ring (bicyclic) bond motifs is 1. The van der Waals surface area contributed by atoms with Gasteiger partial charge >= 0.3 is 0 Å². The number of aldehydes is 1. The number of aromatic amines is 1. The van der Waals surface area contributed by atoms with Crippen molar-refractivity contribution in [1.82, 2.24) is 15.5 Å². The van der Waals surface area contributed by atoms with Gasteiger partial charge in [0.2, 0.25) is 0 Å².